The maximum atomic E-state index is 14.0. The second kappa shape index (κ2) is 11.3. The van der Waals surface area contributed by atoms with E-state index in [2.05, 4.69) is 5.32 Å². The fraction of sp³-hybridized carbons (Fsp3) is 0.391. The lowest BCUT2D eigenvalue weighted by Crippen LogP contribution is -2.49. The third-order valence-electron chi connectivity index (χ3n) is 4.78. The number of benzene rings is 2. The van der Waals surface area contributed by atoms with Gasteiger partial charge in [0.15, 0.2) is 0 Å². The first-order valence-electron chi connectivity index (χ1n) is 10.0. The van der Waals surface area contributed by atoms with Crippen LogP contribution in [-0.4, -0.2) is 29.3 Å². The molecule has 1 N–H and O–H groups in total. The standard InChI is InChI=1S/C23H28F2N2O2/c1-3-5-14-26-23(29)21(4-2)27(16-17-10-12-19(24)13-11-17)22(28)15-18-8-6-7-9-20(18)25/h6-13,21H,3-5,14-16H2,1-2H3,(H,26,29). The maximum absolute atomic E-state index is 14.0. The lowest BCUT2D eigenvalue weighted by atomic mass is 10.1. The van der Waals surface area contributed by atoms with Crippen molar-refractivity contribution in [1.29, 1.82) is 0 Å². The Kier molecular flexibility index (Phi) is 8.77. The average Bonchev–Trinajstić information content (AvgIpc) is 2.71. The number of nitrogens with zero attached hydrogens (tertiary/aromatic N) is 1. The third kappa shape index (κ3) is 6.66. The summed E-state index contributed by atoms with van der Waals surface area (Å²) in [7, 11) is 0. The molecule has 4 nitrogen and oxygen atoms in total. The molecule has 156 valence electrons. The maximum Gasteiger partial charge on any atom is 0.242 e. The van der Waals surface area contributed by atoms with Crippen LogP contribution in [0.15, 0.2) is 48.5 Å². The summed E-state index contributed by atoms with van der Waals surface area (Å²) in [6, 6.07) is 11.2. The van der Waals surface area contributed by atoms with Gasteiger partial charge in [0.2, 0.25) is 11.8 Å². The molecule has 2 amide bonds. The Balaban J connectivity index is 2.25. The smallest absolute Gasteiger partial charge is 0.242 e. The number of carbonyl (C=O) groups excluding carboxylic acids is 2. The molecule has 2 rings (SSSR count). The van der Waals surface area contributed by atoms with Crippen LogP contribution in [0.2, 0.25) is 0 Å². The highest BCUT2D eigenvalue weighted by molar-refractivity contribution is 5.88. The Morgan fingerprint density at radius 2 is 1.72 bits per heavy atom. The van der Waals surface area contributed by atoms with Crippen molar-refractivity contribution in [2.45, 2.75) is 52.1 Å². The molecule has 0 aliphatic rings. The molecule has 0 bridgehead atoms. The van der Waals surface area contributed by atoms with Crippen molar-refractivity contribution in [2.24, 2.45) is 0 Å². The molecule has 0 saturated carbocycles. The predicted octanol–water partition coefficient (Wildman–Crippen LogP) is 4.23. The summed E-state index contributed by atoms with van der Waals surface area (Å²) < 4.78 is 27.3. The summed E-state index contributed by atoms with van der Waals surface area (Å²) in [5, 5.41) is 2.87. The molecule has 0 radical (unpaired) electrons. The highest BCUT2D eigenvalue weighted by Crippen LogP contribution is 2.16. The molecule has 0 aliphatic heterocycles. The molecule has 1 unspecified atom stereocenters. The summed E-state index contributed by atoms with van der Waals surface area (Å²) in [5.74, 6) is -1.41. The minimum atomic E-state index is -0.684. The van der Waals surface area contributed by atoms with E-state index in [1.807, 2.05) is 13.8 Å². The van der Waals surface area contributed by atoms with Gasteiger partial charge in [0.25, 0.3) is 0 Å². The predicted molar refractivity (Wildman–Crippen MR) is 109 cm³/mol. The summed E-state index contributed by atoms with van der Waals surface area (Å²) in [6.45, 7) is 4.55. The molecule has 0 fully saturated rings. The largest absolute Gasteiger partial charge is 0.354 e. The van der Waals surface area contributed by atoms with Gasteiger partial charge in [-0.3, -0.25) is 9.59 Å². The zero-order valence-corrected chi connectivity index (χ0v) is 17.0. The summed E-state index contributed by atoms with van der Waals surface area (Å²) >= 11 is 0. The molecular weight excluding hydrogens is 374 g/mol. The molecule has 0 heterocycles. The molecular formula is C23H28F2N2O2. The van der Waals surface area contributed by atoms with Crippen molar-refractivity contribution in [2.75, 3.05) is 6.54 Å². The number of carbonyl (C=O) groups is 2. The Bertz CT molecular complexity index is 809. The van der Waals surface area contributed by atoms with E-state index >= 15 is 0 Å². The summed E-state index contributed by atoms with van der Waals surface area (Å²) in [4.78, 5) is 27.3. The number of amides is 2. The van der Waals surface area contributed by atoms with Crippen LogP contribution >= 0.6 is 0 Å². The first kappa shape index (κ1) is 22.5. The van der Waals surface area contributed by atoms with Gasteiger partial charge >= 0.3 is 0 Å². The van der Waals surface area contributed by atoms with Gasteiger partial charge < -0.3 is 10.2 Å². The first-order chi connectivity index (χ1) is 14.0. The molecule has 1 atom stereocenters. The Labute approximate surface area is 170 Å². The molecule has 0 saturated heterocycles. The van der Waals surface area contributed by atoms with Crippen LogP contribution in [0.3, 0.4) is 0 Å². The highest BCUT2D eigenvalue weighted by Gasteiger charge is 2.28. The van der Waals surface area contributed by atoms with Crippen LogP contribution in [0.4, 0.5) is 8.78 Å². The van der Waals surface area contributed by atoms with Crippen LogP contribution < -0.4 is 5.32 Å². The number of hydrogen-bond donors (Lipinski definition) is 1. The summed E-state index contributed by atoms with van der Waals surface area (Å²) in [5.41, 5.74) is 0.982. The fourth-order valence-corrected chi connectivity index (χ4v) is 3.12. The minimum absolute atomic E-state index is 0.146. The van der Waals surface area contributed by atoms with E-state index in [4.69, 9.17) is 0 Å². The van der Waals surface area contributed by atoms with E-state index in [1.54, 1.807) is 30.3 Å². The first-order valence-corrected chi connectivity index (χ1v) is 10.0. The second-order valence-electron chi connectivity index (χ2n) is 6.98. The lowest BCUT2D eigenvalue weighted by Gasteiger charge is -2.31. The molecule has 0 aromatic heterocycles. The van der Waals surface area contributed by atoms with E-state index in [0.29, 0.717) is 18.5 Å². The van der Waals surface area contributed by atoms with Crippen molar-refractivity contribution >= 4 is 11.8 Å². The van der Waals surface area contributed by atoms with Crippen LogP contribution in [0.25, 0.3) is 0 Å². The van der Waals surface area contributed by atoms with Crippen LogP contribution in [0.5, 0.6) is 0 Å². The van der Waals surface area contributed by atoms with E-state index in [-0.39, 0.29) is 36.2 Å². The molecule has 2 aromatic carbocycles. The van der Waals surface area contributed by atoms with Crippen LogP contribution in [0.1, 0.15) is 44.2 Å². The number of rotatable bonds is 10. The Hall–Kier alpha value is -2.76. The van der Waals surface area contributed by atoms with E-state index in [0.717, 1.165) is 12.8 Å². The van der Waals surface area contributed by atoms with Crippen molar-refractivity contribution in [1.82, 2.24) is 10.2 Å². The molecule has 29 heavy (non-hydrogen) atoms. The normalized spacial score (nSPS) is 11.7. The quantitative estimate of drug-likeness (QED) is 0.605. The Morgan fingerprint density at radius 1 is 1.03 bits per heavy atom. The topological polar surface area (TPSA) is 49.4 Å². The van der Waals surface area contributed by atoms with Gasteiger partial charge in [-0.05, 0) is 42.2 Å². The van der Waals surface area contributed by atoms with E-state index in [9.17, 15) is 18.4 Å². The monoisotopic (exact) mass is 402 g/mol. The third-order valence-corrected chi connectivity index (χ3v) is 4.78. The molecule has 2 aromatic rings. The van der Waals surface area contributed by atoms with Gasteiger partial charge in [-0.2, -0.15) is 0 Å². The number of unbranched alkanes of at least 4 members (excludes halogenated alkanes) is 1. The van der Waals surface area contributed by atoms with Gasteiger partial charge in [0.05, 0.1) is 6.42 Å². The zero-order chi connectivity index (χ0) is 21.2. The van der Waals surface area contributed by atoms with Crippen LogP contribution in [0, 0.1) is 11.6 Å². The second-order valence-corrected chi connectivity index (χ2v) is 6.98. The van der Waals surface area contributed by atoms with Crippen LogP contribution in [-0.2, 0) is 22.6 Å². The Morgan fingerprint density at radius 3 is 2.34 bits per heavy atom. The van der Waals surface area contributed by atoms with Crippen molar-refractivity contribution in [3.8, 4) is 0 Å². The van der Waals surface area contributed by atoms with Gasteiger partial charge in [-0.25, -0.2) is 8.78 Å². The number of halogens is 2. The lowest BCUT2D eigenvalue weighted by molar-refractivity contribution is -0.141. The fourth-order valence-electron chi connectivity index (χ4n) is 3.12. The number of hydrogen-bond acceptors (Lipinski definition) is 2. The molecule has 6 heteroatoms. The molecule has 0 aliphatic carbocycles. The van der Waals surface area contributed by atoms with E-state index < -0.39 is 11.9 Å². The van der Waals surface area contributed by atoms with Gasteiger partial charge in [0, 0.05) is 13.1 Å². The van der Waals surface area contributed by atoms with Crippen molar-refractivity contribution in [3.63, 3.8) is 0 Å². The zero-order valence-electron chi connectivity index (χ0n) is 17.0. The average molecular weight is 402 g/mol. The molecule has 0 spiro atoms. The van der Waals surface area contributed by atoms with Gasteiger partial charge in [-0.1, -0.05) is 50.6 Å². The highest BCUT2D eigenvalue weighted by atomic mass is 19.1. The SMILES string of the molecule is CCCCNC(=O)C(CC)N(Cc1ccc(F)cc1)C(=O)Cc1ccccc1F. The van der Waals surface area contributed by atoms with E-state index in [1.165, 1.54) is 23.1 Å². The summed E-state index contributed by atoms with van der Waals surface area (Å²) in [6.07, 6.45) is 2.07. The van der Waals surface area contributed by atoms with Crippen molar-refractivity contribution in [3.05, 3.63) is 71.3 Å². The van der Waals surface area contributed by atoms with Gasteiger partial charge in [0.1, 0.15) is 17.7 Å². The van der Waals surface area contributed by atoms with Crippen molar-refractivity contribution < 1.29 is 18.4 Å². The van der Waals surface area contributed by atoms with Gasteiger partial charge in [-0.15, -0.1) is 0 Å². The number of nitrogens with one attached hydrogen (secondary N) is 1. The minimum Gasteiger partial charge on any atom is -0.354 e.